The molecule has 2 aromatic heterocycles. The molecule has 0 unspecified atom stereocenters. The molecule has 0 spiro atoms. The van der Waals surface area contributed by atoms with Gasteiger partial charge in [-0.2, -0.15) is 4.98 Å². The Hall–Kier alpha value is -1.31. The van der Waals surface area contributed by atoms with Gasteiger partial charge in [-0.25, -0.2) is 4.98 Å². The smallest absolute Gasteiger partial charge is 0.227 e. The van der Waals surface area contributed by atoms with Crippen LogP contribution in [-0.2, 0) is 17.7 Å². The summed E-state index contributed by atoms with van der Waals surface area (Å²) in [5.74, 6) is 1.98. The molecule has 0 radical (unpaired) electrons. The van der Waals surface area contributed by atoms with Crippen molar-refractivity contribution >= 4 is 11.3 Å². The van der Waals surface area contributed by atoms with Crippen LogP contribution in [0.4, 0.5) is 0 Å². The summed E-state index contributed by atoms with van der Waals surface area (Å²) >= 11 is 1.72. The molecule has 0 aliphatic carbocycles. The van der Waals surface area contributed by atoms with Gasteiger partial charge in [-0.1, -0.05) is 5.16 Å². The Morgan fingerprint density at radius 3 is 3.24 bits per heavy atom. The lowest BCUT2D eigenvalue weighted by atomic mass is 9.78. The third-order valence-corrected chi connectivity index (χ3v) is 5.27. The number of likely N-dealkylation sites (tertiary alicyclic amines) is 1. The van der Waals surface area contributed by atoms with E-state index in [2.05, 4.69) is 20.0 Å². The predicted molar refractivity (Wildman–Crippen MR) is 76.9 cm³/mol. The lowest BCUT2D eigenvalue weighted by Gasteiger charge is -2.25. The zero-order chi connectivity index (χ0) is 14.3. The van der Waals surface area contributed by atoms with Crippen LogP contribution in [0.5, 0.6) is 0 Å². The molecule has 6 nitrogen and oxygen atoms in total. The summed E-state index contributed by atoms with van der Waals surface area (Å²) in [6.07, 6.45) is 2.68. The minimum atomic E-state index is 0.121. The number of ether oxygens (including phenoxy) is 1. The number of nitrogens with zero attached hydrogens (tertiary/aromatic N) is 4. The molecule has 0 bridgehead atoms. The number of fused-ring (bicyclic) bond motifs is 1. The maximum absolute atomic E-state index is 5.75. The predicted octanol–water partition coefficient (Wildman–Crippen LogP) is 1.53. The van der Waals surface area contributed by atoms with E-state index in [9.17, 15) is 0 Å². The van der Waals surface area contributed by atoms with Gasteiger partial charge in [-0.3, -0.25) is 4.90 Å². The van der Waals surface area contributed by atoms with Crippen molar-refractivity contribution in [3.05, 3.63) is 28.3 Å². The third-order valence-electron chi connectivity index (χ3n) is 4.51. The highest BCUT2D eigenvalue weighted by Crippen LogP contribution is 2.44. The van der Waals surface area contributed by atoms with Crippen LogP contribution in [0, 0.1) is 18.3 Å². The first-order valence-electron chi connectivity index (χ1n) is 7.21. The standard InChI is InChI=1S/C14H18N4O2S/c1-10-16-12(20-17-10)4-14-8-18(5-11(14)7-19-9-14)6-13-15-2-3-21-13/h2-3,11H,4-9H2,1H3/t11-,14+/m1/s1. The minimum absolute atomic E-state index is 0.121. The Labute approximate surface area is 127 Å². The zero-order valence-corrected chi connectivity index (χ0v) is 12.8. The highest BCUT2D eigenvalue weighted by Gasteiger charge is 2.51. The summed E-state index contributed by atoms with van der Waals surface area (Å²) in [6, 6.07) is 0. The lowest BCUT2D eigenvalue weighted by molar-refractivity contribution is 0.122. The number of rotatable bonds is 4. The van der Waals surface area contributed by atoms with E-state index in [4.69, 9.17) is 9.26 Å². The van der Waals surface area contributed by atoms with Crippen LogP contribution in [-0.4, -0.2) is 46.3 Å². The molecule has 4 rings (SSSR count). The molecule has 2 aliphatic heterocycles. The van der Waals surface area contributed by atoms with Gasteiger partial charge in [-0.15, -0.1) is 11.3 Å². The monoisotopic (exact) mass is 306 g/mol. The molecule has 112 valence electrons. The van der Waals surface area contributed by atoms with E-state index in [1.54, 1.807) is 11.3 Å². The van der Waals surface area contributed by atoms with Gasteiger partial charge in [0.15, 0.2) is 5.82 Å². The van der Waals surface area contributed by atoms with Gasteiger partial charge in [0.25, 0.3) is 0 Å². The second kappa shape index (κ2) is 5.15. The van der Waals surface area contributed by atoms with Crippen LogP contribution < -0.4 is 0 Å². The fourth-order valence-electron chi connectivity index (χ4n) is 3.55. The van der Waals surface area contributed by atoms with Gasteiger partial charge in [0, 0.05) is 42.4 Å². The second-order valence-electron chi connectivity index (χ2n) is 6.08. The van der Waals surface area contributed by atoms with Crippen molar-refractivity contribution in [3.63, 3.8) is 0 Å². The maximum Gasteiger partial charge on any atom is 0.227 e. The van der Waals surface area contributed by atoms with Crippen LogP contribution in [0.2, 0.25) is 0 Å². The molecule has 4 heterocycles. The van der Waals surface area contributed by atoms with E-state index < -0.39 is 0 Å². The molecule has 7 heteroatoms. The SMILES string of the molecule is Cc1noc(C[C@]23COC[C@H]2CN(Cc2nccs2)C3)n1. The van der Waals surface area contributed by atoms with Crippen LogP contribution >= 0.6 is 11.3 Å². The van der Waals surface area contributed by atoms with E-state index in [-0.39, 0.29) is 5.41 Å². The number of hydrogen-bond donors (Lipinski definition) is 0. The third kappa shape index (κ3) is 2.49. The van der Waals surface area contributed by atoms with Crippen molar-refractivity contribution < 1.29 is 9.26 Å². The number of hydrogen-bond acceptors (Lipinski definition) is 7. The van der Waals surface area contributed by atoms with E-state index in [1.165, 1.54) is 5.01 Å². The van der Waals surface area contributed by atoms with Gasteiger partial charge >= 0.3 is 0 Å². The number of aryl methyl sites for hydroxylation is 1. The lowest BCUT2D eigenvalue weighted by Crippen LogP contribution is -2.33. The van der Waals surface area contributed by atoms with Gasteiger partial charge in [-0.05, 0) is 6.92 Å². The molecular weight excluding hydrogens is 288 g/mol. The molecule has 2 saturated heterocycles. The number of aromatic nitrogens is 3. The molecule has 2 aliphatic rings. The van der Waals surface area contributed by atoms with Gasteiger partial charge < -0.3 is 9.26 Å². The van der Waals surface area contributed by atoms with Gasteiger partial charge in [0.05, 0.1) is 19.8 Å². The van der Waals surface area contributed by atoms with Crippen LogP contribution in [0.15, 0.2) is 16.1 Å². The quantitative estimate of drug-likeness (QED) is 0.853. The van der Waals surface area contributed by atoms with Crippen molar-refractivity contribution in [2.75, 3.05) is 26.3 Å². The van der Waals surface area contributed by atoms with Crippen LogP contribution in [0.25, 0.3) is 0 Å². The van der Waals surface area contributed by atoms with Crippen molar-refractivity contribution in [1.29, 1.82) is 0 Å². The normalized spacial score (nSPS) is 29.1. The maximum atomic E-state index is 5.75. The van der Waals surface area contributed by atoms with E-state index >= 15 is 0 Å². The molecule has 0 aromatic carbocycles. The summed E-state index contributed by atoms with van der Waals surface area (Å²) < 4.78 is 11.1. The molecular formula is C14H18N4O2S. The average molecular weight is 306 g/mol. The van der Waals surface area contributed by atoms with Crippen molar-refractivity contribution in [2.45, 2.75) is 19.9 Å². The largest absolute Gasteiger partial charge is 0.380 e. The highest BCUT2D eigenvalue weighted by atomic mass is 32.1. The van der Waals surface area contributed by atoms with Crippen LogP contribution in [0.3, 0.4) is 0 Å². The first-order valence-corrected chi connectivity index (χ1v) is 8.09. The van der Waals surface area contributed by atoms with Crippen molar-refractivity contribution in [2.24, 2.45) is 11.3 Å². The summed E-state index contributed by atoms with van der Waals surface area (Å²) in [4.78, 5) is 11.2. The van der Waals surface area contributed by atoms with Crippen LogP contribution in [0.1, 0.15) is 16.7 Å². The Balaban J connectivity index is 1.50. The molecule has 2 atom stereocenters. The second-order valence-corrected chi connectivity index (χ2v) is 7.06. The Morgan fingerprint density at radius 2 is 2.48 bits per heavy atom. The van der Waals surface area contributed by atoms with E-state index in [0.717, 1.165) is 45.2 Å². The first kappa shape index (κ1) is 13.4. The van der Waals surface area contributed by atoms with E-state index in [1.807, 2.05) is 18.5 Å². The van der Waals surface area contributed by atoms with Crippen molar-refractivity contribution in [1.82, 2.24) is 20.0 Å². The Kier molecular flexibility index (Phi) is 3.28. The summed E-state index contributed by atoms with van der Waals surface area (Å²) in [6.45, 7) is 6.48. The Bertz CT molecular complexity index is 614. The molecule has 21 heavy (non-hydrogen) atoms. The molecule has 0 N–H and O–H groups in total. The Morgan fingerprint density at radius 1 is 1.52 bits per heavy atom. The molecule has 0 saturated carbocycles. The fourth-order valence-corrected chi connectivity index (χ4v) is 4.21. The van der Waals surface area contributed by atoms with Gasteiger partial charge in [0.1, 0.15) is 5.01 Å². The van der Waals surface area contributed by atoms with Crippen molar-refractivity contribution in [3.8, 4) is 0 Å². The highest BCUT2D eigenvalue weighted by molar-refractivity contribution is 7.09. The topological polar surface area (TPSA) is 64.3 Å². The summed E-state index contributed by atoms with van der Waals surface area (Å²) in [7, 11) is 0. The molecule has 0 amide bonds. The fraction of sp³-hybridized carbons (Fsp3) is 0.643. The molecule has 2 fully saturated rings. The average Bonchev–Trinajstić information content (AvgIpc) is 3.16. The summed E-state index contributed by atoms with van der Waals surface area (Å²) in [5, 5.41) is 7.11. The zero-order valence-electron chi connectivity index (χ0n) is 12.0. The summed E-state index contributed by atoms with van der Waals surface area (Å²) in [5.41, 5.74) is 0.121. The van der Waals surface area contributed by atoms with Gasteiger partial charge in [0.2, 0.25) is 5.89 Å². The number of thiazole rings is 1. The minimum Gasteiger partial charge on any atom is -0.380 e. The van der Waals surface area contributed by atoms with E-state index in [0.29, 0.717) is 11.7 Å². The molecule has 2 aromatic rings. The first-order chi connectivity index (χ1) is 10.2.